The highest BCUT2D eigenvalue weighted by molar-refractivity contribution is 9.10. The van der Waals surface area contributed by atoms with Gasteiger partial charge in [-0.15, -0.1) is 0 Å². The lowest BCUT2D eigenvalue weighted by atomic mass is 10.2. The summed E-state index contributed by atoms with van der Waals surface area (Å²) in [7, 11) is 0. The maximum atomic E-state index is 12.9. The largest absolute Gasteiger partial charge is 0.490 e. The molecular formula is C24H23BrN2O7S. The molecule has 4 rings (SSSR count). The number of fused-ring (bicyclic) bond motifs is 1. The number of nitrogens with zero attached hydrogens (tertiary/aromatic N) is 1. The predicted molar refractivity (Wildman–Crippen MR) is 135 cm³/mol. The summed E-state index contributed by atoms with van der Waals surface area (Å²) in [6.07, 6.45) is 2.44. The summed E-state index contributed by atoms with van der Waals surface area (Å²) >= 11 is 4.28. The first-order valence-electron chi connectivity index (χ1n) is 10.9. The molecule has 0 aromatic heterocycles. The number of hydrogen-bond donors (Lipinski definition) is 1. The van der Waals surface area contributed by atoms with E-state index in [9.17, 15) is 14.4 Å². The summed E-state index contributed by atoms with van der Waals surface area (Å²) in [5, 5.41) is 2.15. The van der Waals surface area contributed by atoms with Gasteiger partial charge < -0.3 is 24.3 Å². The number of halogens is 1. The Kier molecular flexibility index (Phi) is 7.86. The van der Waals surface area contributed by atoms with Crippen molar-refractivity contribution in [1.29, 1.82) is 0 Å². The van der Waals surface area contributed by atoms with E-state index >= 15 is 0 Å². The van der Waals surface area contributed by atoms with Gasteiger partial charge in [-0.1, -0.05) is 6.92 Å². The molecule has 35 heavy (non-hydrogen) atoms. The third kappa shape index (κ3) is 5.73. The standard InChI is InChI=1S/C24H23BrN2O7S/c1-3-7-32-22-16(25)8-14(9-19(22)31-4-2)10-20-23(29)27(24(30)35-20)12-21(28)26-15-5-6-17-18(11-15)34-13-33-17/h5-6,8-11H,3-4,7,12-13H2,1-2H3,(H,26,28)/b20-10-. The van der Waals surface area contributed by atoms with E-state index in [4.69, 9.17) is 18.9 Å². The van der Waals surface area contributed by atoms with Gasteiger partial charge in [0.2, 0.25) is 12.7 Å². The van der Waals surface area contributed by atoms with Crippen molar-refractivity contribution >= 4 is 56.5 Å². The molecule has 0 unspecified atom stereocenters. The van der Waals surface area contributed by atoms with Crippen molar-refractivity contribution in [3.63, 3.8) is 0 Å². The summed E-state index contributed by atoms with van der Waals surface area (Å²) in [4.78, 5) is 39.0. The van der Waals surface area contributed by atoms with Crippen molar-refractivity contribution in [2.24, 2.45) is 0 Å². The summed E-state index contributed by atoms with van der Waals surface area (Å²) in [6, 6.07) is 8.48. The van der Waals surface area contributed by atoms with Crippen LogP contribution in [-0.2, 0) is 9.59 Å². The Balaban J connectivity index is 1.47. The van der Waals surface area contributed by atoms with Crippen LogP contribution in [0.2, 0.25) is 0 Å². The van der Waals surface area contributed by atoms with Crippen molar-refractivity contribution in [2.75, 3.05) is 31.9 Å². The number of anilines is 1. The second kappa shape index (κ2) is 11.0. The number of imide groups is 1. The maximum absolute atomic E-state index is 12.9. The molecule has 0 saturated carbocycles. The van der Waals surface area contributed by atoms with Gasteiger partial charge in [0.15, 0.2) is 23.0 Å². The fraction of sp³-hybridized carbons (Fsp3) is 0.292. The Morgan fingerprint density at radius 2 is 1.97 bits per heavy atom. The molecule has 2 heterocycles. The first kappa shape index (κ1) is 24.9. The summed E-state index contributed by atoms with van der Waals surface area (Å²) in [5.41, 5.74) is 1.12. The van der Waals surface area contributed by atoms with Gasteiger partial charge in [0.25, 0.3) is 11.1 Å². The fourth-order valence-corrected chi connectivity index (χ4v) is 4.80. The normalized spacial score (nSPS) is 15.6. The molecule has 0 radical (unpaired) electrons. The summed E-state index contributed by atoms with van der Waals surface area (Å²) < 4.78 is 22.7. The molecule has 9 nitrogen and oxygen atoms in total. The molecule has 2 aromatic carbocycles. The molecule has 1 fully saturated rings. The molecule has 2 aliphatic rings. The topological polar surface area (TPSA) is 103 Å². The van der Waals surface area contributed by atoms with Crippen molar-refractivity contribution in [2.45, 2.75) is 20.3 Å². The molecule has 11 heteroatoms. The molecule has 2 aliphatic heterocycles. The Morgan fingerprint density at radius 3 is 2.74 bits per heavy atom. The van der Waals surface area contributed by atoms with E-state index in [-0.39, 0.29) is 11.7 Å². The van der Waals surface area contributed by atoms with Crippen LogP contribution in [0.25, 0.3) is 6.08 Å². The number of benzene rings is 2. The Morgan fingerprint density at radius 1 is 1.17 bits per heavy atom. The highest BCUT2D eigenvalue weighted by Crippen LogP contribution is 2.39. The van der Waals surface area contributed by atoms with Crippen LogP contribution < -0.4 is 24.3 Å². The van der Waals surface area contributed by atoms with Crippen molar-refractivity contribution < 1.29 is 33.3 Å². The van der Waals surface area contributed by atoms with Crippen LogP contribution in [0.5, 0.6) is 23.0 Å². The quantitative estimate of drug-likeness (QED) is 0.424. The zero-order chi connectivity index (χ0) is 24.9. The van der Waals surface area contributed by atoms with E-state index in [0.29, 0.717) is 51.9 Å². The van der Waals surface area contributed by atoms with Gasteiger partial charge in [0.05, 0.1) is 22.6 Å². The third-order valence-electron chi connectivity index (χ3n) is 4.91. The van der Waals surface area contributed by atoms with E-state index in [2.05, 4.69) is 21.2 Å². The van der Waals surface area contributed by atoms with Gasteiger partial charge in [-0.25, -0.2) is 0 Å². The third-order valence-corrected chi connectivity index (χ3v) is 6.41. The molecule has 2 aromatic rings. The van der Waals surface area contributed by atoms with Crippen molar-refractivity contribution in [3.8, 4) is 23.0 Å². The van der Waals surface area contributed by atoms with Crippen LogP contribution in [0.3, 0.4) is 0 Å². The van der Waals surface area contributed by atoms with Gasteiger partial charge in [-0.2, -0.15) is 0 Å². The fourth-order valence-electron chi connectivity index (χ4n) is 3.38. The molecule has 184 valence electrons. The molecular weight excluding hydrogens is 540 g/mol. The average molecular weight is 563 g/mol. The summed E-state index contributed by atoms with van der Waals surface area (Å²) in [6.45, 7) is 4.55. The minimum Gasteiger partial charge on any atom is -0.490 e. The minimum atomic E-state index is -0.541. The number of rotatable bonds is 9. The first-order valence-corrected chi connectivity index (χ1v) is 12.5. The van der Waals surface area contributed by atoms with Crippen molar-refractivity contribution in [1.82, 2.24) is 4.90 Å². The van der Waals surface area contributed by atoms with Crippen LogP contribution >= 0.6 is 27.7 Å². The van der Waals surface area contributed by atoms with Crippen LogP contribution in [-0.4, -0.2) is 48.5 Å². The van der Waals surface area contributed by atoms with Crippen LogP contribution in [0.15, 0.2) is 39.7 Å². The lowest BCUT2D eigenvalue weighted by molar-refractivity contribution is -0.127. The van der Waals surface area contributed by atoms with Crippen LogP contribution in [0.1, 0.15) is 25.8 Å². The van der Waals surface area contributed by atoms with Gasteiger partial charge in [-0.05, 0) is 76.9 Å². The second-order valence-electron chi connectivity index (χ2n) is 7.50. The molecule has 1 N–H and O–H groups in total. The molecule has 3 amide bonds. The highest BCUT2D eigenvalue weighted by Gasteiger charge is 2.36. The van der Waals surface area contributed by atoms with Crippen LogP contribution in [0.4, 0.5) is 10.5 Å². The SMILES string of the molecule is CCCOc1c(Br)cc(/C=C2\SC(=O)N(CC(=O)Nc3ccc4c(c3)OCO4)C2=O)cc1OCC. The smallest absolute Gasteiger partial charge is 0.294 e. The predicted octanol–water partition coefficient (Wildman–Crippen LogP) is 5.04. The van der Waals surface area contributed by atoms with E-state index in [0.717, 1.165) is 23.1 Å². The lowest BCUT2D eigenvalue weighted by Gasteiger charge is -2.14. The van der Waals surface area contributed by atoms with E-state index < -0.39 is 23.6 Å². The Bertz CT molecular complexity index is 1200. The number of nitrogens with one attached hydrogen (secondary N) is 1. The lowest BCUT2D eigenvalue weighted by Crippen LogP contribution is -2.36. The van der Waals surface area contributed by atoms with Gasteiger partial charge in [0.1, 0.15) is 6.54 Å². The van der Waals surface area contributed by atoms with E-state index in [1.807, 2.05) is 13.8 Å². The Hall–Kier alpha value is -3.18. The minimum absolute atomic E-state index is 0.118. The number of ether oxygens (including phenoxy) is 4. The van der Waals surface area contributed by atoms with Crippen LogP contribution in [0, 0.1) is 0 Å². The van der Waals surface area contributed by atoms with Gasteiger partial charge in [-0.3, -0.25) is 19.3 Å². The van der Waals surface area contributed by atoms with Crippen molar-refractivity contribution in [3.05, 3.63) is 45.3 Å². The number of amides is 3. The number of carbonyl (C=O) groups is 3. The second-order valence-corrected chi connectivity index (χ2v) is 9.34. The molecule has 0 aliphatic carbocycles. The zero-order valence-corrected chi connectivity index (χ0v) is 21.5. The van der Waals surface area contributed by atoms with E-state index in [1.165, 1.54) is 0 Å². The number of carbonyl (C=O) groups excluding carboxylic acids is 3. The average Bonchev–Trinajstić information content (AvgIpc) is 3.38. The Labute approximate surface area is 214 Å². The summed E-state index contributed by atoms with van der Waals surface area (Å²) in [5.74, 6) is 1.17. The maximum Gasteiger partial charge on any atom is 0.294 e. The first-order chi connectivity index (χ1) is 16.9. The molecule has 0 atom stereocenters. The highest BCUT2D eigenvalue weighted by atomic mass is 79.9. The number of hydrogen-bond acceptors (Lipinski definition) is 8. The molecule has 0 spiro atoms. The number of thioether (sulfide) groups is 1. The molecule has 0 bridgehead atoms. The zero-order valence-electron chi connectivity index (χ0n) is 19.1. The molecule has 1 saturated heterocycles. The van der Waals surface area contributed by atoms with Gasteiger partial charge in [0, 0.05) is 11.8 Å². The van der Waals surface area contributed by atoms with E-state index in [1.54, 1.807) is 36.4 Å². The monoisotopic (exact) mass is 562 g/mol. The van der Waals surface area contributed by atoms with Gasteiger partial charge >= 0.3 is 0 Å².